The fourth-order valence-corrected chi connectivity index (χ4v) is 7.46. The molecule has 0 bridgehead atoms. The molecule has 2 nitrogen and oxygen atoms in total. The van der Waals surface area contributed by atoms with Crippen molar-refractivity contribution in [3.05, 3.63) is 44.1 Å². The topological polar surface area (TPSA) is 25.8 Å². The summed E-state index contributed by atoms with van der Waals surface area (Å²) in [6, 6.07) is 8.86. The van der Waals surface area contributed by atoms with Gasteiger partial charge in [0.15, 0.2) is 0 Å². The van der Waals surface area contributed by atoms with Gasteiger partial charge in [-0.05, 0) is 48.9 Å². The Morgan fingerprint density at radius 2 is 1.12 bits per heavy atom. The quantitative estimate of drug-likeness (QED) is 0.168. The van der Waals surface area contributed by atoms with Gasteiger partial charge in [0.25, 0.3) is 0 Å². The highest BCUT2D eigenvalue weighted by molar-refractivity contribution is 7.20. The number of halogens is 2. The summed E-state index contributed by atoms with van der Waals surface area (Å²) >= 11 is 17.8. The molecule has 0 saturated carbocycles. The minimum absolute atomic E-state index is 0.902. The van der Waals surface area contributed by atoms with Crippen molar-refractivity contribution in [3.8, 4) is 20.9 Å². The summed E-state index contributed by atoms with van der Waals surface area (Å²) in [7, 11) is 0. The zero-order chi connectivity index (χ0) is 23.2. The van der Waals surface area contributed by atoms with Crippen LogP contribution < -0.4 is 0 Å². The van der Waals surface area contributed by atoms with Crippen LogP contribution in [0.2, 0.25) is 8.67 Å². The molecule has 0 amide bonds. The maximum Gasteiger partial charge on any atom is 0.114 e. The molecule has 0 saturated heterocycles. The van der Waals surface area contributed by atoms with E-state index >= 15 is 0 Å². The van der Waals surface area contributed by atoms with Gasteiger partial charge in [-0.25, -0.2) is 0 Å². The van der Waals surface area contributed by atoms with Crippen LogP contribution in [0.25, 0.3) is 31.9 Å². The van der Waals surface area contributed by atoms with E-state index in [4.69, 9.17) is 23.2 Å². The summed E-state index contributed by atoms with van der Waals surface area (Å²) in [6.07, 6.45) is 12.1. The Bertz CT molecular complexity index is 1100. The molecule has 0 radical (unpaired) electrons. The van der Waals surface area contributed by atoms with Crippen molar-refractivity contribution in [2.45, 2.75) is 78.1 Å². The molecule has 33 heavy (non-hydrogen) atoms. The summed E-state index contributed by atoms with van der Waals surface area (Å²) in [4.78, 5) is 2.35. The third kappa shape index (κ3) is 5.99. The van der Waals surface area contributed by atoms with Crippen LogP contribution >= 0.6 is 57.6 Å². The summed E-state index contributed by atoms with van der Waals surface area (Å²) in [6.45, 7) is 4.48. The molecule has 3 aromatic heterocycles. The molecule has 0 aliphatic rings. The van der Waals surface area contributed by atoms with Crippen LogP contribution in [0.5, 0.6) is 0 Å². The zero-order valence-corrected chi connectivity index (χ0v) is 23.2. The molecule has 7 heteroatoms. The van der Waals surface area contributed by atoms with E-state index in [0.717, 1.165) is 43.7 Å². The van der Waals surface area contributed by atoms with Gasteiger partial charge in [-0.15, -0.1) is 22.7 Å². The average molecular weight is 538 g/mol. The van der Waals surface area contributed by atoms with Gasteiger partial charge in [0.2, 0.25) is 0 Å². The highest BCUT2D eigenvalue weighted by Gasteiger charge is 2.18. The van der Waals surface area contributed by atoms with Gasteiger partial charge in [0, 0.05) is 20.9 Å². The lowest BCUT2D eigenvalue weighted by molar-refractivity contribution is 0.667. The maximum atomic E-state index is 6.61. The normalized spacial score (nSPS) is 11.6. The number of hydrogen-bond donors (Lipinski definition) is 0. The molecule has 0 aliphatic carbocycles. The highest BCUT2D eigenvalue weighted by Crippen LogP contribution is 2.43. The van der Waals surface area contributed by atoms with Crippen molar-refractivity contribution in [1.29, 1.82) is 0 Å². The molecular weight excluding hydrogens is 507 g/mol. The molecule has 0 aliphatic heterocycles. The first-order valence-corrected chi connectivity index (χ1v) is 15.1. The first kappa shape index (κ1) is 25.1. The van der Waals surface area contributed by atoms with Crippen molar-refractivity contribution in [1.82, 2.24) is 8.75 Å². The van der Waals surface area contributed by atoms with Crippen LogP contribution in [-0.2, 0) is 12.8 Å². The van der Waals surface area contributed by atoms with Crippen LogP contribution in [-0.4, -0.2) is 8.75 Å². The number of aryl methyl sites for hydroxylation is 2. The minimum atomic E-state index is 0.902. The Labute approximate surface area is 219 Å². The van der Waals surface area contributed by atoms with Gasteiger partial charge >= 0.3 is 0 Å². The van der Waals surface area contributed by atoms with Crippen LogP contribution in [0.3, 0.4) is 0 Å². The second kappa shape index (κ2) is 12.1. The number of hydrogen-bond acceptors (Lipinski definition) is 5. The lowest BCUT2D eigenvalue weighted by Gasteiger charge is -2.03. The van der Waals surface area contributed by atoms with E-state index in [1.165, 1.54) is 84.0 Å². The molecule has 0 unspecified atom stereocenters. The van der Waals surface area contributed by atoms with Crippen LogP contribution in [0.4, 0.5) is 0 Å². The minimum Gasteiger partial charge on any atom is -0.172 e. The number of unbranched alkanes of at least 4 members (excludes halogenated alkanes) is 6. The van der Waals surface area contributed by atoms with Crippen molar-refractivity contribution in [2.24, 2.45) is 0 Å². The molecule has 0 spiro atoms. The third-order valence-electron chi connectivity index (χ3n) is 6.06. The fourth-order valence-electron chi connectivity index (χ4n) is 4.17. The number of rotatable bonds is 12. The maximum absolute atomic E-state index is 6.61. The predicted octanol–water partition coefficient (Wildman–Crippen LogP) is 10.7. The predicted molar refractivity (Wildman–Crippen MR) is 150 cm³/mol. The lowest BCUT2D eigenvalue weighted by Crippen LogP contribution is -1.85. The first-order chi connectivity index (χ1) is 16.1. The summed E-state index contributed by atoms with van der Waals surface area (Å²) in [5.74, 6) is 0. The van der Waals surface area contributed by atoms with E-state index in [2.05, 4.69) is 46.9 Å². The Morgan fingerprint density at radius 1 is 0.667 bits per heavy atom. The average Bonchev–Trinajstić information content (AvgIpc) is 3.53. The van der Waals surface area contributed by atoms with Gasteiger partial charge in [-0.3, -0.25) is 0 Å². The molecule has 3 heterocycles. The van der Waals surface area contributed by atoms with Crippen LogP contribution in [0, 0.1) is 0 Å². The van der Waals surface area contributed by atoms with Crippen molar-refractivity contribution in [3.63, 3.8) is 0 Å². The third-order valence-corrected chi connectivity index (χ3v) is 9.54. The molecule has 1 aromatic carbocycles. The second-order valence-corrected chi connectivity index (χ2v) is 12.4. The Hall–Kier alpha value is -0.980. The van der Waals surface area contributed by atoms with Crippen molar-refractivity contribution >= 4 is 68.6 Å². The van der Waals surface area contributed by atoms with Gasteiger partial charge in [-0.1, -0.05) is 87.7 Å². The number of fused-ring (bicyclic) bond motifs is 1. The molecule has 176 valence electrons. The molecule has 4 rings (SSSR count). The number of aromatic nitrogens is 2. The summed E-state index contributed by atoms with van der Waals surface area (Å²) in [5.41, 5.74) is 6.68. The van der Waals surface area contributed by atoms with E-state index in [1.54, 1.807) is 22.7 Å². The van der Waals surface area contributed by atoms with Crippen molar-refractivity contribution in [2.75, 3.05) is 0 Å². The van der Waals surface area contributed by atoms with Gasteiger partial charge < -0.3 is 0 Å². The van der Waals surface area contributed by atoms with Crippen LogP contribution in [0.15, 0.2) is 24.3 Å². The van der Waals surface area contributed by atoms with E-state index in [1.807, 2.05) is 0 Å². The number of thiophene rings is 2. The van der Waals surface area contributed by atoms with Crippen molar-refractivity contribution < 1.29 is 0 Å². The van der Waals surface area contributed by atoms with Crippen LogP contribution in [0.1, 0.15) is 76.3 Å². The summed E-state index contributed by atoms with van der Waals surface area (Å²) < 4.78 is 11.1. The molecule has 4 aromatic rings. The zero-order valence-electron chi connectivity index (χ0n) is 19.3. The Balaban J connectivity index is 1.59. The molecular formula is C26H30Cl2N2S3. The smallest absolute Gasteiger partial charge is 0.114 e. The SMILES string of the molecule is CCCCCCc1cc(-c2ccc(-c3cc(CCCCCC)c(Cl)s3)c3nsnc23)sc1Cl. The molecule has 0 atom stereocenters. The van der Waals surface area contributed by atoms with Gasteiger partial charge in [0.05, 0.1) is 20.4 Å². The number of benzene rings is 1. The molecule has 0 fully saturated rings. The molecule has 0 N–H and O–H groups in total. The monoisotopic (exact) mass is 536 g/mol. The van der Waals surface area contributed by atoms with Gasteiger partial charge in [-0.2, -0.15) is 8.75 Å². The second-order valence-electron chi connectivity index (χ2n) is 8.56. The largest absolute Gasteiger partial charge is 0.172 e. The first-order valence-electron chi connectivity index (χ1n) is 11.9. The van der Waals surface area contributed by atoms with E-state index in [-0.39, 0.29) is 0 Å². The van der Waals surface area contributed by atoms with E-state index in [9.17, 15) is 0 Å². The fraction of sp³-hybridized carbons (Fsp3) is 0.462. The summed E-state index contributed by atoms with van der Waals surface area (Å²) in [5, 5.41) is 0. The standard InChI is InChI=1S/C26H30Cl2N2S3/c1-3-5-7-9-11-17-15-21(31-25(17)27)19-13-14-20(24-23(19)29-33-30-24)22-16-18(26(28)32-22)12-10-8-6-4-2/h13-16H,3-12H2,1-2H3. The highest BCUT2D eigenvalue weighted by atomic mass is 35.5. The number of nitrogens with zero attached hydrogens (tertiary/aromatic N) is 2. The van der Waals surface area contributed by atoms with E-state index < -0.39 is 0 Å². The lowest BCUT2D eigenvalue weighted by atomic mass is 10.0. The van der Waals surface area contributed by atoms with Gasteiger partial charge in [0.1, 0.15) is 11.0 Å². The van der Waals surface area contributed by atoms with E-state index in [0.29, 0.717) is 0 Å². The Morgan fingerprint density at radius 3 is 1.55 bits per heavy atom. The Kier molecular flexibility index (Phi) is 9.23.